The fraction of sp³-hybridized carbons (Fsp3) is 0. The van der Waals surface area contributed by atoms with Gasteiger partial charge in [0.2, 0.25) is 0 Å². The van der Waals surface area contributed by atoms with Crippen molar-refractivity contribution >= 4 is 88.5 Å². The van der Waals surface area contributed by atoms with Gasteiger partial charge in [0.15, 0.2) is 0 Å². The molecule has 2 aliphatic rings. The third-order valence-electron chi connectivity index (χ3n) is 20.3. The zero-order valence-corrected chi connectivity index (χ0v) is 51.3. The number of rotatable bonds is 9. The Balaban J connectivity index is 0.915. The van der Waals surface area contributed by atoms with Gasteiger partial charge in [-0.25, -0.2) is 0 Å². The first-order chi connectivity index (χ1) is 46.6. The molecule has 0 aliphatic carbocycles. The SMILES string of the molecule is c1ccc(-c2cc(-c3ccccc3)cc(-c3ccc4c5ccc(-c6cc(-c7ccccc7)cc(-c7ccccc7)c6)cc5n(-c5cc6c7c(c5)-n5c8ccccc8c8cc(-c9ccccc9)cc(c85)B7c5cc(-c7ccccc7)cc7c8ccccc8n-6c57)c4c3)c2)cc1. The molecule has 3 nitrogen and oxygen atoms in total. The van der Waals surface area contributed by atoms with Crippen molar-refractivity contribution in [2.45, 2.75) is 0 Å². The molecule has 0 bridgehead atoms. The Morgan fingerprint density at radius 2 is 0.468 bits per heavy atom. The Hall–Kier alpha value is -12.2. The lowest BCUT2D eigenvalue weighted by molar-refractivity contribution is 1.10. The van der Waals surface area contributed by atoms with Crippen molar-refractivity contribution in [2.75, 3.05) is 0 Å². The van der Waals surface area contributed by atoms with Gasteiger partial charge >= 0.3 is 0 Å². The average Bonchev–Trinajstić information content (AvgIpc) is 1.42. The van der Waals surface area contributed by atoms with Crippen LogP contribution in [0.15, 0.2) is 340 Å². The van der Waals surface area contributed by atoms with E-state index in [0.29, 0.717) is 0 Å². The lowest BCUT2D eigenvalue weighted by Gasteiger charge is -2.35. The van der Waals surface area contributed by atoms with Crippen LogP contribution in [0.4, 0.5) is 0 Å². The van der Waals surface area contributed by atoms with Crippen molar-refractivity contribution in [3.05, 3.63) is 340 Å². The molecule has 0 radical (unpaired) electrons. The average molecular weight is 1190 g/mol. The molecule has 18 aromatic rings. The van der Waals surface area contributed by atoms with Gasteiger partial charge in [-0.1, -0.05) is 255 Å². The van der Waals surface area contributed by atoms with Crippen LogP contribution in [-0.2, 0) is 0 Å². The second-order valence-corrected chi connectivity index (χ2v) is 25.6. The number of hydrogen-bond acceptors (Lipinski definition) is 0. The van der Waals surface area contributed by atoms with Crippen LogP contribution >= 0.6 is 0 Å². The first kappa shape index (κ1) is 52.5. The summed E-state index contributed by atoms with van der Waals surface area (Å²) in [4.78, 5) is 0. The molecule has 0 unspecified atom stereocenters. The molecule has 0 N–H and O–H groups in total. The molecule has 4 heteroatoms. The molecule has 0 fully saturated rings. The molecule has 0 amide bonds. The minimum Gasteiger partial charge on any atom is -0.310 e. The minimum absolute atomic E-state index is 0.104. The first-order valence-electron chi connectivity index (χ1n) is 32.7. The summed E-state index contributed by atoms with van der Waals surface area (Å²) in [6.45, 7) is -0.104. The lowest BCUT2D eigenvalue weighted by Crippen LogP contribution is -2.59. The van der Waals surface area contributed by atoms with E-state index in [1.165, 1.54) is 149 Å². The van der Waals surface area contributed by atoms with Gasteiger partial charge in [-0.15, -0.1) is 0 Å². The third-order valence-corrected chi connectivity index (χ3v) is 20.3. The number of benzene rings is 15. The van der Waals surface area contributed by atoms with E-state index in [2.05, 4.69) is 353 Å². The molecule has 20 rings (SSSR count). The van der Waals surface area contributed by atoms with Gasteiger partial charge in [0, 0.05) is 54.7 Å². The summed E-state index contributed by atoms with van der Waals surface area (Å²) < 4.78 is 7.87. The zero-order valence-electron chi connectivity index (χ0n) is 51.3. The van der Waals surface area contributed by atoms with Gasteiger partial charge in [0.25, 0.3) is 6.71 Å². The molecule has 434 valence electrons. The molecular weight excluding hydrogens is 1130 g/mol. The maximum atomic E-state index is 2.63. The van der Waals surface area contributed by atoms with E-state index >= 15 is 0 Å². The molecule has 94 heavy (non-hydrogen) atoms. The number of nitrogens with zero attached hydrogens (tertiary/aromatic N) is 3. The summed E-state index contributed by atoms with van der Waals surface area (Å²) in [5.74, 6) is 0. The monoisotopic (exact) mass is 1190 g/mol. The smallest absolute Gasteiger partial charge is 0.252 e. The summed E-state index contributed by atoms with van der Waals surface area (Å²) in [6.07, 6.45) is 0. The van der Waals surface area contributed by atoms with E-state index < -0.39 is 0 Å². The normalized spacial score (nSPS) is 12.2. The third kappa shape index (κ3) is 8.06. The minimum atomic E-state index is -0.104. The van der Waals surface area contributed by atoms with Crippen molar-refractivity contribution in [2.24, 2.45) is 0 Å². The molecule has 15 aromatic carbocycles. The van der Waals surface area contributed by atoms with Crippen LogP contribution < -0.4 is 16.4 Å². The maximum absolute atomic E-state index is 2.63. The Morgan fingerprint density at radius 1 is 0.181 bits per heavy atom. The van der Waals surface area contributed by atoms with Crippen LogP contribution in [0.1, 0.15) is 0 Å². The van der Waals surface area contributed by atoms with Gasteiger partial charge in [-0.05, 0) is 190 Å². The van der Waals surface area contributed by atoms with Gasteiger partial charge in [0.1, 0.15) is 0 Å². The van der Waals surface area contributed by atoms with Crippen molar-refractivity contribution in [3.8, 4) is 106 Å². The quantitative estimate of drug-likeness (QED) is 0.128. The Morgan fingerprint density at radius 3 is 0.809 bits per heavy atom. The van der Waals surface area contributed by atoms with Crippen molar-refractivity contribution in [3.63, 3.8) is 0 Å². The molecule has 2 aliphatic heterocycles. The van der Waals surface area contributed by atoms with Crippen LogP contribution in [0.25, 0.3) is 171 Å². The molecule has 5 heterocycles. The van der Waals surface area contributed by atoms with E-state index in [-0.39, 0.29) is 6.71 Å². The largest absolute Gasteiger partial charge is 0.310 e. The summed E-state index contributed by atoms with van der Waals surface area (Å²) in [6, 6.07) is 127. The van der Waals surface area contributed by atoms with E-state index in [1.54, 1.807) is 0 Å². The van der Waals surface area contributed by atoms with Crippen molar-refractivity contribution in [1.82, 2.24) is 13.7 Å². The molecular formula is C90H56BN3. The van der Waals surface area contributed by atoms with Gasteiger partial charge < -0.3 is 13.7 Å². The number of hydrogen-bond donors (Lipinski definition) is 0. The summed E-state index contributed by atoms with van der Waals surface area (Å²) in [7, 11) is 0. The standard InChI is InChI=1S/C90H56BN3/c1-7-23-57(24-8-1)65-43-66(58-25-9-2-10-26-58)46-69(45-65)63-39-41-76-77-42-40-64(70-47-67(59-27-11-3-12-28-59)44-68(48-70)60-29-13-4-14-30-60)54-85(77)92(84(76)53-63)73-55-86-88-87(56-73)94-83-38-22-20-36-75(83)79-50-72(62-33-17-6-18-34-62)52-81(90(79)94)91(88)80-51-71(61-31-15-5-16-32-61)49-78-74-35-19-21-37-82(74)93(86)89(78)80/h1-56H. The highest BCUT2D eigenvalue weighted by molar-refractivity contribution is 7.00. The van der Waals surface area contributed by atoms with Crippen LogP contribution in [0, 0.1) is 0 Å². The Kier molecular flexibility index (Phi) is 11.5. The van der Waals surface area contributed by atoms with Crippen LogP contribution in [0.3, 0.4) is 0 Å². The molecule has 0 atom stereocenters. The van der Waals surface area contributed by atoms with E-state index in [0.717, 1.165) is 39.0 Å². The predicted molar refractivity (Wildman–Crippen MR) is 398 cm³/mol. The van der Waals surface area contributed by atoms with Gasteiger partial charge in [-0.2, -0.15) is 0 Å². The molecule has 0 saturated heterocycles. The topological polar surface area (TPSA) is 14.8 Å². The zero-order chi connectivity index (χ0) is 61.5. The van der Waals surface area contributed by atoms with Gasteiger partial charge in [0.05, 0.1) is 27.8 Å². The van der Waals surface area contributed by atoms with E-state index in [4.69, 9.17) is 0 Å². The number of para-hydroxylation sites is 2. The molecule has 0 spiro atoms. The number of fused-ring (bicyclic) bond motifs is 13. The highest BCUT2D eigenvalue weighted by Crippen LogP contribution is 2.46. The summed E-state index contributed by atoms with van der Waals surface area (Å²) >= 11 is 0. The van der Waals surface area contributed by atoms with Crippen molar-refractivity contribution in [1.29, 1.82) is 0 Å². The molecule has 3 aromatic heterocycles. The summed E-state index contributed by atoms with van der Waals surface area (Å²) in [5.41, 5.74) is 33.6. The fourth-order valence-electron chi connectivity index (χ4n) is 16.1. The maximum Gasteiger partial charge on any atom is 0.252 e. The van der Waals surface area contributed by atoms with Crippen LogP contribution in [-0.4, -0.2) is 20.4 Å². The summed E-state index contributed by atoms with van der Waals surface area (Å²) in [5, 5.41) is 7.40. The highest BCUT2D eigenvalue weighted by atomic mass is 15.1. The molecule has 0 saturated carbocycles. The second-order valence-electron chi connectivity index (χ2n) is 25.6. The number of aromatic nitrogens is 3. The Labute approximate surface area is 544 Å². The van der Waals surface area contributed by atoms with E-state index in [1.807, 2.05) is 0 Å². The lowest BCUT2D eigenvalue weighted by atomic mass is 9.34. The fourth-order valence-corrected chi connectivity index (χ4v) is 16.1. The van der Waals surface area contributed by atoms with Crippen LogP contribution in [0.2, 0.25) is 0 Å². The first-order valence-corrected chi connectivity index (χ1v) is 32.7. The van der Waals surface area contributed by atoms with Crippen molar-refractivity contribution < 1.29 is 0 Å². The Bertz CT molecular complexity index is 5640. The highest BCUT2D eigenvalue weighted by Gasteiger charge is 2.42. The second kappa shape index (κ2) is 20.6. The van der Waals surface area contributed by atoms with Gasteiger partial charge in [-0.3, -0.25) is 0 Å². The van der Waals surface area contributed by atoms with E-state index in [9.17, 15) is 0 Å². The van der Waals surface area contributed by atoms with Crippen LogP contribution in [0.5, 0.6) is 0 Å². The predicted octanol–water partition coefficient (Wildman–Crippen LogP) is 21.5.